The second kappa shape index (κ2) is 22.1. The van der Waals surface area contributed by atoms with Gasteiger partial charge in [-0.1, -0.05) is 267 Å². The van der Waals surface area contributed by atoms with Gasteiger partial charge in [-0.05, 0) is 176 Å². The van der Waals surface area contributed by atoms with Crippen molar-refractivity contribution in [3.05, 3.63) is 315 Å². The fourth-order valence-corrected chi connectivity index (χ4v) is 16.9. The van der Waals surface area contributed by atoms with E-state index in [1.807, 2.05) is 0 Å². The molecule has 6 aliphatic rings. The molecule has 0 aromatic heterocycles. The third-order valence-corrected chi connectivity index (χ3v) is 20.7. The quantitative estimate of drug-likeness (QED) is 0.120. The predicted octanol–water partition coefficient (Wildman–Crippen LogP) is 20.9. The predicted molar refractivity (Wildman–Crippen MR) is 384 cm³/mol. The molecule has 0 amide bonds. The van der Waals surface area contributed by atoms with Gasteiger partial charge in [0, 0.05) is 62.8 Å². The third-order valence-electron chi connectivity index (χ3n) is 20.7. The molecule has 13 aromatic rings. The Labute approximate surface area is 534 Å². The summed E-state index contributed by atoms with van der Waals surface area (Å²) in [6.07, 6.45) is 6.37. The van der Waals surface area contributed by atoms with Crippen LogP contribution in [0.5, 0.6) is 0 Å². The van der Waals surface area contributed by atoms with Crippen LogP contribution < -0.4 is 31.1 Å². The van der Waals surface area contributed by atoms with Crippen LogP contribution in [0.2, 0.25) is 0 Å². The van der Waals surface area contributed by atoms with Gasteiger partial charge in [0.1, 0.15) is 0 Å². The Morgan fingerprint density at radius 1 is 0.242 bits per heavy atom. The molecular weight excluding hydrogens is 1100 g/mol. The van der Waals surface area contributed by atoms with Gasteiger partial charge in [-0.3, -0.25) is 0 Å². The standard InChI is InChI=1S/C87H66BN3/c1-9-25-60(26-10-1)68-41-43-79-81(54-68)90(86-75(64-33-17-5-18-34-64)50-70(62-29-13-3-14-30-62)51-76(86)65-35-19-6-20-36-65)83-56-74(89-72-46-58-45-59(48-72)49-73(89)47-58)57-84-85(83)88(79)80-44-42-69(61-27-11-2-12-28-61)55-82(80)91(84)87-77(66-37-21-7-22-38-66)52-71(63-31-15-4-16-32-63)53-78(87)67-39-23-8-24-40-67/h1-44,50-59,72-73H,45-49H2. The fraction of sp³-hybridized carbons (Fsp3) is 0.103. The Bertz CT molecular complexity index is 4430. The molecule has 4 heteroatoms. The molecule has 2 saturated carbocycles. The number of anilines is 7. The van der Waals surface area contributed by atoms with Crippen LogP contribution in [0, 0.1) is 11.8 Å². The molecule has 91 heavy (non-hydrogen) atoms. The molecule has 0 unspecified atom stereocenters. The topological polar surface area (TPSA) is 9.72 Å². The van der Waals surface area contributed by atoms with Crippen molar-refractivity contribution in [3.8, 4) is 89.0 Å². The molecule has 19 rings (SSSR count). The molecule has 4 fully saturated rings. The fourth-order valence-electron chi connectivity index (χ4n) is 16.9. The van der Waals surface area contributed by atoms with E-state index in [1.54, 1.807) is 0 Å². The largest absolute Gasteiger partial charge is 0.365 e. The van der Waals surface area contributed by atoms with Crippen LogP contribution in [0.1, 0.15) is 32.1 Å². The van der Waals surface area contributed by atoms with E-state index in [4.69, 9.17) is 0 Å². The first-order valence-electron chi connectivity index (χ1n) is 32.8. The zero-order chi connectivity index (χ0) is 59.9. The van der Waals surface area contributed by atoms with Crippen LogP contribution >= 0.6 is 0 Å². The van der Waals surface area contributed by atoms with Gasteiger partial charge in [-0.2, -0.15) is 0 Å². The molecule has 2 aliphatic carbocycles. The van der Waals surface area contributed by atoms with Crippen molar-refractivity contribution in [1.82, 2.24) is 0 Å². The number of fused-ring (bicyclic) bond motifs is 4. The van der Waals surface area contributed by atoms with Crippen molar-refractivity contribution in [2.75, 3.05) is 14.7 Å². The van der Waals surface area contributed by atoms with Gasteiger partial charge < -0.3 is 14.7 Å². The minimum atomic E-state index is -0.146. The van der Waals surface area contributed by atoms with Crippen LogP contribution in [0.25, 0.3) is 89.0 Å². The summed E-state index contributed by atoms with van der Waals surface area (Å²) in [6.45, 7) is -0.146. The summed E-state index contributed by atoms with van der Waals surface area (Å²) in [6, 6.07) is 120. The van der Waals surface area contributed by atoms with Crippen LogP contribution in [0.4, 0.5) is 39.8 Å². The normalized spacial score (nSPS) is 17.4. The van der Waals surface area contributed by atoms with Crippen LogP contribution in [0.3, 0.4) is 0 Å². The van der Waals surface area contributed by atoms with Crippen molar-refractivity contribution >= 4 is 62.9 Å². The average Bonchev–Trinajstić information content (AvgIpc) is 0.692. The van der Waals surface area contributed by atoms with Crippen LogP contribution in [-0.2, 0) is 0 Å². The van der Waals surface area contributed by atoms with Crippen LogP contribution in [0.15, 0.2) is 315 Å². The van der Waals surface area contributed by atoms with E-state index in [2.05, 4.69) is 330 Å². The minimum Gasteiger partial charge on any atom is -0.365 e. The highest BCUT2D eigenvalue weighted by Gasteiger charge is 2.50. The van der Waals surface area contributed by atoms with Crippen molar-refractivity contribution in [2.24, 2.45) is 11.8 Å². The van der Waals surface area contributed by atoms with Gasteiger partial charge in [0.2, 0.25) is 0 Å². The van der Waals surface area contributed by atoms with E-state index in [1.165, 1.54) is 177 Å². The van der Waals surface area contributed by atoms with Gasteiger partial charge in [0.05, 0.1) is 11.4 Å². The Morgan fingerprint density at radius 2 is 0.527 bits per heavy atom. The summed E-state index contributed by atoms with van der Waals surface area (Å²) >= 11 is 0. The maximum absolute atomic E-state index is 2.95. The lowest BCUT2D eigenvalue weighted by Crippen LogP contribution is -2.62. The molecular formula is C87H66BN3. The number of piperidine rings is 2. The van der Waals surface area contributed by atoms with Crippen LogP contribution in [-0.4, -0.2) is 18.8 Å². The maximum Gasteiger partial charge on any atom is 0.252 e. The van der Waals surface area contributed by atoms with Gasteiger partial charge in [0.15, 0.2) is 0 Å². The Hall–Kier alpha value is -10.7. The van der Waals surface area contributed by atoms with Crippen molar-refractivity contribution in [3.63, 3.8) is 0 Å². The molecule has 4 heterocycles. The second-order valence-corrected chi connectivity index (χ2v) is 25.9. The highest BCUT2D eigenvalue weighted by molar-refractivity contribution is 7.00. The highest BCUT2D eigenvalue weighted by Crippen LogP contribution is 2.58. The molecule has 3 nitrogen and oxygen atoms in total. The lowest BCUT2D eigenvalue weighted by atomic mass is 9.33. The average molecular weight is 1160 g/mol. The number of nitrogens with zero attached hydrogens (tertiary/aromatic N) is 3. The molecule has 2 saturated heterocycles. The van der Waals surface area contributed by atoms with E-state index in [0.29, 0.717) is 12.1 Å². The van der Waals surface area contributed by atoms with E-state index >= 15 is 0 Å². The van der Waals surface area contributed by atoms with E-state index < -0.39 is 0 Å². The molecule has 0 N–H and O–H groups in total. The summed E-state index contributed by atoms with van der Waals surface area (Å²) in [5, 5.41) is 0. The molecule has 0 atom stereocenters. The summed E-state index contributed by atoms with van der Waals surface area (Å²) in [5.74, 6) is 1.57. The molecule has 4 bridgehead atoms. The molecule has 4 aliphatic heterocycles. The molecule has 13 aromatic carbocycles. The summed E-state index contributed by atoms with van der Waals surface area (Å²) in [5.41, 5.74) is 31.2. The number of benzene rings is 13. The zero-order valence-corrected chi connectivity index (χ0v) is 50.8. The monoisotopic (exact) mass is 1160 g/mol. The molecule has 0 spiro atoms. The Morgan fingerprint density at radius 3 is 0.835 bits per heavy atom. The first-order valence-corrected chi connectivity index (χ1v) is 32.8. The van der Waals surface area contributed by atoms with Gasteiger partial charge in [-0.15, -0.1) is 0 Å². The third kappa shape index (κ3) is 9.18. The van der Waals surface area contributed by atoms with Gasteiger partial charge >= 0.3 is 0 Å². The van der Waals surface area contributed by atoms with E-state index in [0.717, 1.165) is 11.8 Å². The van der Waals surface area contributed by atoms with Gasteiger partial charge in [0.25, 0.3) is 6.71 Å². The SMILES string of the molecule is c1ccc(-c2cc(-c3ccccc3)c(N3c4cc(-c5ccccc5)ccc4B4c5ccc(-c6ccccc6)cc5N(c5c(-c6ccccc6)cc(-c6ccccc6)cc5-c5ccccc5)c5cc(N6C7CC8CC(C7)CC6C8)cc3c54)c(-c3ccccc3)c2)cc1. The van der Waals surface area contributed by atoms with Crippen molar-refractivity contribution < 1.29 is 0 Å². The zero-order valence-electron chi connectivity index (χ0n) is 50.8. The lowest BCUT2D eigenvalue weighted by Gasteiger charge is -2.58. The smallest absolute Gasteiger partial charge is 0.252 e. The van der Waals surface area contributed by atoms with Gasteiger partial charge in [-0.25, -0.2) is 0 Å². The molecule has 432 valence electrons. The molecule has 0 radical (unpaired) electrons. The minimum absolute atomic E-state index is 0.146. The first-order chi connectivity index (χ1) is 45.1. The number of rotatable bonds is 11. The Kier molecular flexibility index (Phi) is 13.0. The lowest BCUT2D eigenvalue weighted by molar-refractivity contribution is 0.0900. The summed E-state index contributed by atoms with van der Waals surface area (Å²) in [7, 11) is 0. The highest BCUT2D eigenvalue weighted by atomic mass is 15.2. The maximum atomic E-state index is 2.95. The second-order valence-electron chi connectivity index (χ2n) is 25.9. The van der Waals surface area contributed by atoms with E-state index in [-0.39, 0.29) is 6.71 Å². The summed E-state index contributed by atoms with van der Waals surface area (Å²) in [4.78, 5) is 8.46. The summed E-state index contributed by atoms with van der Waals surface area (Å²) < 4.78 is 0. The van der Waals surface area contributed by atoms with Crippen molar-refractivity contribution in [2.45, 2.75) is 44.2 Å². The van der Waals surface area contributed by atoms with E-state index in [9.17, 15) is 0 Å². The number of hydrogen-bond acceptors (Lipinski definition) is 3. The first kappa shape index (κ1) is 53.4. The number of hydrogen-bond donors (Lipinski definition) is 0. The van der Waals surface area contributed by atoms with Crippen molar-refractivity contribution in [1.29, 1.82) is 0 Å². The Balaban J connectivity index is 1.02.